The number of carbonyl (C=O) groups excluding carboxylic acids is 1. The largest absolute Gasteiger partial charge is 0.458 e. The Bertz CT molecular complexity index is 323. The molecular formula is C14H27N3O4. The van der Waals surface area contributed by atoms with Crippen molar-refractivity contribution >= 4 is 5.97 Å². The lowest BCUT2D eigenvalue weighted by Crippen LogP contribution is -2.26. The first-order valence-electron chi connectivity index (χ1n) is 7.34. The topological polar surface area (TPSA) is 93.5 Å². The lowest BCUT2D eigenvalue weighted by molar-refractivity contribution is -0.160. The number of hydrogen-bond donors (Lipinski definition) is 0. The maximum absolute atomic E-state index is 11.3. The fourth-order valence-electron chi connectivity index (χ4n) is 1.50. The predicted molar refractivity (Wildman–Crippen MR) is 80.0 cm³/mol. The van der Waals surface area contributed by atoms with Crippen LogP contribution in [0.4, 0.5) is 0 Å². The van der Waals surface area contributed by atoms with E-state index < -0.39 is 5.60 Å². The molecule has 0 spiro atoms. The van der Waals surface area contributed by atoms with Crippen LogP contribution in [0.2, 0.25) is 0 Å². The monoisotopic (exact) mass is 301 g/mol. The number of unbranched alkanes of at least 4 members (excludes halogenated alkanes) is 2. The third kappa shape index (κ3) is 16.6. The highest BCUT2D eigenvalue weighted by Crippen LogP contribution is 2.06. The zero-order valence-electron chi connectivity index (χ0n) is 13.3. The second-order valence-corrected chi connectivity index (χ2v) is 5.62. The standard InChI is InChI=1S/C14H27N3O4/c1-14(2,3)21-13(18)12-20-11-7-10-19-9-6-4-5-8-16-17-15/h4-12H2,1-3H3. The van der Waals surface area contributed by atoms with Gasteiger partial charge in [-0.15, -0.1) is 0 Å². The van der Waals surface area contributed by atoms with Gasteiger partial charge in [-0.3, -0.25) is 0 Å². The summed E-state index contributed by atoms with van der Waals surface area (Å²) in [6.07, 6.45) is 3.60. The Kier molecular flexibility index (Phi) is 11.7. The molecule has 0 aromatic carbocycles. The van der Waals surface area contributed by atoms with E-state index in [4.69, 9.17) is 19.7 Å². The molecule has 7 heteroatoms. The number of nitrogens with zero attached hydrogens (tertiary/aromatic N) is 3. The van der Waals surface area contributed by atoms with Gasteiger partial charge in [0, 0.05) is 31.3 Å². The number of rotatable bonds is 12. The maximum atomic E-state index is 11.3. The van der Waals surface area contributed by atoms with Crippen LogP contribution in [0, 0.1) is 0 Å². The normalized spacial score (nSPS) is 11.0. The number of ether oxygens (including phenoxy) is 3. The molecule has 0 fully saturated rings. The molecule has 0 N–H and O–H groups in total. The summed E-state index contributed by atoms with van der Waals surface area (Å²) in [6.45, 7) is 7.80. The van der Waals surface area contributed by atoms with Gasteiger partial charge in [0.25, 0.3) is 0 Å². The molecule has 0 bridgehead atoms. The predicted octanol–water partition coefficient (Wildman–Crippen LogP) is 3.23. The number of carbonyl (C=O) groups is 1. The van der Waals surface area contributed by atoms with E-state index in [-0.39, 0.29) is 12.6 Å². The van der Waals surface area contributed by atoms with Gasteiger partial charge in [0.15, 0.2) is 0 Å². The van der Waals surface area contributed by atoms with Crippen LogP contribution >= 0.6 is 0 Å². The van der Waals surface area contributed by atoms with E-state index in [0.717, 1.165) is 25.7 Å². The fourth-order valence-corrected chi connectivity index (χ4v) is 1.50. The molecule has 0 aromatic heterocycles. The summed E-state index contributed by atoms with van der Waals surface area (Å²) >= 11 is 0. The van der Waals surface area contributed by atoms with Crippen LogP contribution in [0.1, 0.15) is 46.5 Å². The molecule has 0 aromatic rings. The SMILES string of the molecule is CC(C)(C)OC(=O)COCCCOCCCCCN=[N+]=[N-]. The average molecular weight is 301 g/mol. The van der Waals surface area contributed by atoms with E-state index in [2.05, 4.69) is 10.0 Å². The van der Waals surface area contributed by atoms with Gasteiger partial charge < -0.3 is 14.2 Å². The van der Waals surface area contributed by atoms with Gasteiger partial charge in [0.05, 0.1) is 0 Å². The van der Waals surface area contributed by atoms with Crippen molar-refractivity contribution in [1.82, 2.24) is 0 Å². The summed E-state index contributed by atoms with van der Waals surface area (Å²) in [5, 5.41) is 3.46. The molecule has 0 aliphatic carbocycles. The van der Waals surface area contributed by atoms with Crippen LogP contribution in [0.3, 0.4) is 0 Å². The highest BCUT2D eigenvalue weighted by molar-refractivity contribution is 5.71. The van der Waals surface area contributed by atoms with Gasteiger partial charge >= 0.3 is 5.97 Å². The first kappa shape index (κ1) is 19.7. The van der Waals surface area contributed by atoms with Crippen molar-refractivity contribution in [3.63, 3.8) is 0 Å². The Morgan fingerprint density at radius 2 is 1.71 bits per heavy atom. The molecule has 0 saturated carbocycles. The Hall–Kier alpha value is -1.30. The van der Waals surface area contributed by atoms with Crippen molar-refractivity contribution in [2.24, 2.45) is 5.11 Å². The fraction of sp³-hybridized carbons (Fsp3) is 0.929. The summed E-state index contributed by atoms with van der Waals surface area (Å²) in [5.74, 6) is -0.344. The molecule has 0 amide bonds. The van der Waals surface area contributed by atoms with Gasteiger partial charge in [0.2, 0.25) is 0 Å². The highest BCUT2D eigenvalue weighted by Gasteiger charge is 2.15. The smallest absolute Gasteiger partial charge is 0.332 e. The minimum atomic E-state index is -0.470. The van der Waals surface area contributed by atoms with Crippen LogP contribution < -0.4 is 0 Å². The molecule has 21 heavy (non-hydrogen) atoms. The van der Waals surface area contributed by atoms with Crippen LogP contribution in [-0.4, -0.2) is 44.5 Å². The first-order chi connectivity index (χ1) is 9.95. The molecule has 0 aliphatic heterocycles. The van der Waals surface area contributed by atoms with Crippen molar-refractivity contribution in [3.05, 3.63) is 10.4 Å². The summed E-state index contributed by atoms with van der Waals surface area (Å²) in [4.78, 5) is 14.0. The molecule has 0 unspecified atom stereocenters. The quantitative estimate of drug-likeness (QED) is 0.182. The summed E-state index contributed by atoms with van der Waals surface area (Å²) < 4.78 is 15.8. The molecule has 0 aliphatic rings. The Balaban J connectivity index is 3.22. The van der Waals surface area contributed by atoms with Gasteiger partial charge in [-0.05, 0) is 45.6 Å². The van der Waals surface area contributed by atoms with Crippen LogP contribution in [0.15, 0.2) is 5.11 Å². The Labute approximate surface area is 126 Å². The number of azide groups is 1. The van der Waals surface area contributed by atoms with E-state index in [0.29, 0.717) is 26.4 Å². The Morgan fingerprint density at radius 3 is 2.38 bits per heavy atom. The minimum absolute atomic E-state index is 0.0172. The molecular weight excluding hydrogens is 274 g/mol. The lowest BCUT2D eigenvalue weighted by Gasteiger charge is -2.19. The number of hydrogen-bond acceptors (Lipinski definition) is 5. The Morgan fingerprint density at radius 1 is 1.05 bits per heavy atom. The second kappa shape index (κ2) is 12.4. The second-order valence-electron chi connectivity index (χ2n) is 5.62. The van der Waals surface area contributed by atoms with Crippen molar-refractivity contribution in [2.45, 2.75) is 52.1 Å². The summed E-state index contributed by atoms with van der Waals surface area (Å²) in [5.41, 5.74) is 7.62. The third-order valence-electron chi connectivity index (χ3n) is 2.33. The number of esters is 1. The molecule has 0 heterocycles. The van der Waals surface area contributed by atoms with Crippen LogP contribution in [0.25, 0.3) is 10.4 Å². The van der Waals surface area contributed by atoms with Crippen molar-refractivity contribution < 1.29 is 19.0 Å². The molecule has 0 rings (SSSR count). The van der Waals surface area contributed by atoms with Gasteiger partial charge in [-0.25, -0.2) is 4.79 Å². The molecule has 0 atom stereocenters. The average Bonchev–Trinajstić information content (AvgIpc) is 2.38. The van der Waals surface area contributed by atoms with E-state index >= 15 is 0 Å². The van der Waals surface area contributed by atoms with Gasteiger partial charge in [-0.2, -0.15) is 0 Å². The van der Waals surface area contributed by atoms with Crippen molar-refractivity contribution in [3.8, 4) is 0 Å². The maximum Gasteiger partial charge on any atom is 0.332 e. The van der Waals surface area contributed by atoms with Crippen LogP contribution in [0.5, 0.6) is 0 Å². The van der Waals surface area contributed by atoms with Gasteiger partial charge in [0.1, 0.15) is 12.2 Å². The van der Waals surface area contributed by atoms with Crippen molar-refractivity contribution in [1.29, 1.82) is 0 Å². The van der Waals surface area contributed by atoms with E-state index in [9.17, 15) is 4.79 Å². The summed E-state index contributed by atoms with van der Waals surface area (Å²) in [6, 6.07) is 0. The van der Waals surface area contributed by atoms with Crippen molar-refractivity contribution in [2.75, 3.05) is 33.0 Å². The first-order valence-corrected chi connectivity index (χ1v) is 7.34. The third-order valence-corrected chi connectivity index (χ3v) is 2.33. The van der Waals surface area contributed by atoms with E-state index in [1.807, 2.05) is 20.8 Å². The molecule has 122 valence electrons. The van der Waals surface area contributed by atoms with E-state index in [1.54, 1.807) is 0 Å². The van der Waals surface area contributed by atoms with Crippen LogP contribution in [-0.2, 0) is 19.0 Å². The molecule has 0 saturated heterocycles. The lowest BCUT2D eigenvalue weighted by atomic mass is 10.2. The molecule has 7 nitrogen and oxygen atoms in total. The highest BCUT2D eigenvalue weighted by atomic mass is 16.6. The zero-order chi connectivity index (χ0) is 16.0. The minimum Gasteiger partial charge on any atom is -0.458 e. The molecule has 0 radical (unpaired) electrons. The van der Waals surface area contributed by atoms with E-state index in [1.165, 1.54) is 0 Å². The summed E-state index contributed by atoms with van der Waals surface area (Å²) in [7, 11) is 0. The zero-order valence-corrected chi connectivity index (χ0v) is 13.3. The van der Waals surface area contributed by atoms with Gasteiger partial charge in [-0.1, -0.05) is 11.5 Å².